The molecule has 0 fully saturated rings. The summed E-state index contributed by atoms with van der Waals surface area (Å²) in [5.74, 6) is -0.230. The number of carbonyl (C=O) groups excluding carboxylic acids is 2. The topological polar surface area (TPSA) is 70.7 Å². The van der Waals surface area contributed by atoms with Crippen molar-refractivity contribution in [3.05, 3.63) is 82.3 Å². The van der Waals surface area contributed by atoms with E-state index in [-0.39, 0.29) is 36.8 Å². The molecule has 1 aliphatic heterocycles. The molecule has 3 aromatic rings. The van der Waals surface area contributed by atoms with Gasteiger partial charge in [0, 0.05) is 11.9 Å². The molecule has 8 heteroatoms. The van der Waals surface area contributed by atoms with Crippen LogP contribution in [0.5, 0.6) is 5.75 Å². The number of fused-ring (bicyclic) bond motifs is 1. The molecule has 2 atom stereocenters. The van der Waals surface area contributed by atoms with E-state index >= 15 is 0 Å². The molecule has 2 heterocycles. The molecular weight excluding hydrogens is 417 g/mol. The number of anilines is 1. The first-order valence-corrected chi connectivity index (χ1v) is 10.7. The van der Waals surface area contributed by atoms with Crippen LogP contribution in [0, 0.1) is 5.82 Å². The Labute approximate surface area is 183 Å². The van der Waals surface area contributed by atoms with E-state index in [0.717, 1.165) is 16.1 Å². The van der Waals surface area contributed by atoms with Gasteiger partial charge in [0.15, 0.2) is 6.10 Å². The number of nitrogens with zero attached hydrogens (tertiary/aromatic N) is 1. The van der Waals surface area contributed by atoms with Gasteiger partial charge < -0.3 is 20.3 Å². The first kappa shape index (κ1) is 20.9. The van der Waals surface area contributed by atoms with Gasteiger partial charge in [-0.25, -0.2) is 4.39 Å². The lowest BCUT2D eigenvalue weighted by molar-refractivity contribution is -0.127. The lowest BCUT2D eigenvalue weighted by atomic mass is 10.1. The number of rotatable bonds is 6. The van der Waals surface area contributed by atoms with Gasteiger partial charge >= 0.3 is 0 Å². The number of hydrogen-bond donors (Lipinski definition) is 2. The zero-order valence-corrected chi connectivity index (χ0v) is 17.7. The van der Waals surface area contributed by atoms with Crippen LogP contribution in [0.3, 0.4) is 0 Å². The normalized spacial score (nSPS) is 16.1. The second kappa shape index (κ2) is 9.18. The van der Waals surface area contributed by atoms with Crippen molar-refractivity contribution < 1.29 is 18.7 Å². The minimum Gasteiger partial charge on any atom is -0.477 e. The van der Waals surface area contributed by atoms with E-state index in [1.54, 1.807) is 25.2 Å². The zero-order valence-electron chi connectivity index (χ0n) is 16.9. The highest BCUT2D eigenvalue weighted by atomic mass is 32.1. The number of nitrogens with one attached hydrogen (secondary N) is 2. The maximum absolute atomic E-state index is 13.4. The van der Waals surface area contributed by atoms with Crippen molar-refractivity contribution in [3.63, 3.8) is 0 Å². The molecule has 0 radical (unpaired) electrons. The van der Waals surface area contributed by atoms with Crippen molar-refractivity contribution in [2.24, 2.45) is 0 Å². The van der Waals surface area contributed by atoms with Crippen molar-refractivity contribution in [1.82, 2.24) is 10.6 Å². The highest BCUT2D eigenvalue weighted by Crippen LogP contribution is 2.33. The Morgan fingerprint density at radius 2 is 1.94 bits per heavy atom. The molecule has 2 aromatic carbocycles. The summed E-state index contributed by atoms with van der Waals surface area (Å²) in [6.07, 6.45) is -0.710. The molecule has 0 unspecified atom stereocenters. The van der Waals surface area contributed by atoms with E-state index < -0.39 is 6.10 Å². The van der Waals surface area contributed by atoms with E-state index in [1.807, 2.05) is 40.6 Å². The number of thiophene rings is 1. The summed E-state index contributed by atoms with van der Waals surface area (Å²) in [7, 11) is 1.55. The molecule has 1 aromatic heterocycles. The van der Waals surface area contributed by atoms with Gasteiger partial charge in [0.2, 0.25) is 5.91 Å². The van der Waals surface area contributed by atoms with Crippen LogP contribution in [-0.4, -0.2) is 38.1 Å². The fourth-order valence-electron chi connectivity index (χ4n) is 3.56. The van der Waals surface area contributed by atoms with Crippen LogP contribution in [0.15, 0.2) is 66.0 Å². The molecule has 2 N–H and O–H groups in total. The van der Waals surface area contributed by atoms with Crippen LogP contribution >= 0.6 is 11.3 Å². The largest absolute Gasteiger partial charge is 0.477 e. The average Bonchev–Trinajstić information content (AvgIpc) is 3.32. The summed E-state index contributed by atoms with van der Waals surface area (Å²) in [4.78, 5) is 28.0. The first-order valence-electron chi connectivity index (χ1n) is 9.85. The summed E-state index contributed by atoms with van der Waals surface area (Å²) in [5.41, 5.74) is 1.55. The highest BCUT2D eigenvalue weighted by molar-refractivity contribution is 7.10. The molecule has 2 amide bonds. The third kappa shape index (κ3) is 4.69. The molecule has 0 saturated carbocycles. The summed E-state index contributed by atoms with van der Waals surface area (Å²) in [6.45, 7) is 0.307. The summed E-state index contributed by atoms with van der Waals surface area (Å²) >= 11 is 1.52. The lowest BCUT2D eigenvalue weighted by Gasteiger charge is -2.35. The molecule has 31 heavy (non-hydrogen) atoms. The Balaban J connectivity index is 1.54. The molecule has 0 aliphatic carbocycles. The Hall–Kier alpha value is -3.39. The van der Waals surface area contributed by atoms with Crippen LogP contribution in [0.1, 0.15) is 16.5 Å². The predicted octanol–water partition coefficient (Wildman–Crippen LogP) is 3.11. The molecule has 160 valence electrons. The van der Waals surface area contributed by atoms with Gasteiger partial charge in [0.1, 0.15) is 11.6 Å². The average molecular weight is 440 g/mol. The summed E-state index contributed by atoms with van der Waals surface area (Å²) in [5, 5.41) is 7.59. The predicted molar refractivity (Wildman–Crippen MR) is 118 cm³/mol. The van der Waals surface area contributed by atoms with Crippen LogP contribution in [0.25, 0.3) is 0 Å². The van der Waals surface area contributed by atoms with E-state index in [4.69, 9.17) is 4.74 Å². The monoisotopic (exact) mass is 439 g/mol. The lowest BCUT2D eigenvalue weighted by Crippen LogP contribution is -2.50. The molecule has 6 nitrogen and oxygen atoms in total. The summed E-state index contributed by atoms with van der Waals surface area (Å²) in [6, 6.07) is 16.9. The van der Waals surface area contributed by atoms with Crippen molar-refractivity contribution in [2.45, 2.75) is 12.1 Å². The first-order chi connectivity index (χ1) is 15.0. The molecule has 0 saturated heterocycles. The van der Waals surface area contributed by atoms with Crippen molar-refractivity contribution in [2.75, 3.05) is 25.0 Å². The Kier molecular flexibility index (Phi) is 6.18. The maximum Gasteiger partial charge on any atom is 0.262 e. The standard InChI is InChI=1S/C23H22FN3O3S/c1-25-23(29)19-13-27(17-5-2-3-6-18(17)30-19)14-21(28)26-22(20-7-4-12-31-20)15-8-10-16(24)11-9-15/h2-12,19,22H,13-14H2,1H3,(H,25,29)(H,26,28)/t19-,22+/m0/s1. The van der Waals surface area contributed by atoms with E-state index in [9.17, 15) is 14.0 Å². The number of carbonyl (C=O) groups is 2. The van der Waals surface area contributed by atoms with Gasteiger partial charge in [-0.1, -0.05) is 30.3 Å². The van der Waals surface area contributed by atoms with E-state index in [1.165, 1.54) is 23.5 Å². The van der Waals surface area contributed by atoms with Crippen molar-refractivity contribution in [3.8, 4) is 5.75 Å². The molecule has 0 bridgehead atoms. The fraction of sp³-hybridized carbons (Fsp3) is 0.217. The van der Waals surface area contributed by atoms with Crippen LogP contribution < -0.4 is 20.3 Å². The van der Waals surface area contributed by atoms with Crippen LogP contribution in [0.4, 0.5) is 10.1 Å². The smallest absolute Gasteiger partial charge is 0.262 e. The fourth-order valence-corrected chi connectivity index (χ4v) is 4.37. The van der Waals surface area contributed by atoms with Crippen LogP contribution in [0.2, 0.25) is 0 Å². The minimum atomic E-state index is -0.710. The second-order valence-corrected chi connectivity index (χ2v) is 8.12. The minimum absolute atomic E-state index is 0.0525. The maximum atomic E-state index is 13.4. The van der Waals surface area contributed by atoms with E-state index in [2.05, 4.69) is 10.6 Å². The zero-order chi connectivity index (χ0) is 21.8. The number of amides is 2. The van der Waals surface area contributed by atoms with Gasteiger partial charge in [0.05, 0.1) is 24.8 Å². The summed E-state index contributed by atoms with van der Waals surface area (Å²) < 4.78 is 19.2. The van der Waals surface area contributed by atoms with Crippen molar-refractivity contribution >= 4 is 28.8 Å². The number of benzene rings is 2. The third-order valence-electron chi connectivity index (χ3n) is 5.07. The highest BCUT2D eigenvalue weighted by Gasteiger charge is 2.31. The third-order valence-corrected chi connectivity index (χ3v) is 6.01. The van der Waals surface area contributed by atoms with Gasteiger partial charge in [0.25, 0.3) is 5.91 Å². The SMILES string of the molecule is CNC(=O)[C@@H]1CN(CC(=O)N[C@H](c2ccc(F)cc2)c2cccs2)c2ccccc2O1. The molecule has 4 rings (SSSR count). The van der Waals surface area contributed by atoms with Gasteiger partial charge in [-0.15, -0.1) is 11.3 Å². The van der Waals surface area contributed by atoms with E-state index in [0.29, 0.717) is 5.75 Å². The molecular formula is C23H22FN3O3S. The Morgan fingerprint density at radius 3 is 2.65 bits per heavy atom. The Bertz CT molecular complexity index is 1060. The number of para-hydroxylation sites is 2. The Morgan fingerprint density at radius 1 is 1.16 bits per heavy atom. The van der Waals surface area contributed by atoms with Gasteiger partial charge in [-0.3, -0.25) is 9.59 Å². The number of ether oxygens (including phenoxy) is 1. The second-order valence-electron chi connectivity index (χ2n) is 7.14. The number of halogens is 1. The number of likely N-dealkylation sites (N-methyl/N-ethyl adjacent to an activating group) is 1. The van der Waals surface area contributed by atoms with Gasteiger partial charge in [-0.05, 0) is 41.3 Å². The van der Waals surface area contributed by atoms with Gasteiger partial charge in [-0.2, -0.15) is 0 Å². The van der Waals surface area contributed by atoms with Crippen molar-refractivity contribution in [1.29, 1.82) is 0 Å². The van der Waals surface area contributed by atoms with Crippen LogP contribution in [-0.2, 0) is 9.59 Å². The molecule has 0 spiro atoms. The number of hydrogen-bond acceptors (Lipinski definition) is 5. The quantitative estimate of drug-likeness (QED) is 0.619. The molecule has 1 aliphatic rings.